The van der Waals surface area contributed by atoms with Gasteiger partial charge >= 0.3 is 0 Å². The van der Waals surface area contributed by atoms with Gasteiger partial charge in [0.1, 0.15) is 0 Å². The molecule has 2 aliphatic carbocycles. The maximum Gasteiger partial charge on any atom is 0.230 e. The minimum Gasteiger partial charge on any atom is -0.375 e. The molecule has 2 aliphatic heterocycles. The molecule has 0 radical (unpaired) electrons. The highest BCUT2D eigenvalue weighted by Crippen LogP contribution is 2.45. The lowest BCUT2D eigenvalue weighted by Crippen LogP contribution is -2.52. The standard InChI is InChI=1S/C19H32N2O2.ClH/c22-18(19-10-4-3-5-15(19)13-20-14-19)21-11-8-17(9-12-21)23-16-6-1-2-7-16;/h15-17,20H,1-14H2;1H/t15-,19+;/m0./s1. The van der Waals surface area contributed by atoms with Crippen LogP contribution in [0.1, 0.15) is 64.2 Å². The van der Waals surface area contributed by atoms with Crippen molar-refractivity contribution in [2.24, 2.45) is 11.3 Å². The first-order chi connectivity index (χ1) is 11.3. The summed E-state index contributed by atoms with van der Waals surface area (Å²) in [7, 11) is 0. The number of fused-ring (bicyclic) bond motifs is 1. The lowest BCUT2D eigenvalue weighted by Gasteiger charge is -2.43. The number of ether oxygens (including phenoxy) is 1. The van der Waals surface area contributed by atoms with Crippen molar-refractivity contribution in [3.63, 3.8) is 0 Å². The first-order valence-corrected chi connectivity index (χ1v) is 9.93. The quantitative estimate of drug-likeness (QED) is 0.844. The Hall–Kier alpha value is -0.320. The molecule has 1 amide bonds. The van der Waals surface area contributed by atoms with Crippen molar-refractivity contribution in [3.05, 3.63) is 0 Å². The summed E-state index contributed by atoms with van der Waals surface area (Å²) in [5.41, 5.74) is -0.0720. The fourth-order valence-electron chi connectivity index (χ4n) is 5.47. The number of rotatable bonds is 3. The highest BCUT2D eigenvalue weighted by Gasteiger charge is 2.51. The number of carbonyl (C=O) groups excluding carboxylic acids is 1. The molecule has 24 heavy (non-hydrogen) atoms. The first-order valence-electron chi connectivity index (χ1n) is 9.93. The van der Waals surface area contributed by atoms with Crippen molar-refractivity contribution in [1.82, 2.24) is 10.2 Å². The van der Waals surface area contributed by atoms with Crippen molar-refractivity contribution < 1.29 is 9.53 Å². The molecule has 4 aliphatic rings. The second-order valence-electron chi connectivity index (χ2n) is 8.26. The van der Waals surface area contributed by atoms with Crippen LogP contribution in [0.2, 0.25) is 0 Å². The van der Waals surface area contributed by atoms with Crippen molar-refractivity contribution in [2.75, 3.05) is 26.2 Å². The number of hydrogen-bond donors (Lipinski definition) is 1. The van der Waals surface area contributed by atoms with Crippen LogP contribution in [0.25, 0.3) is 0 Å². The van der Waals surface area contributed by atoms with Gasteiger partial charge in [-0.2, -0.15) is 0 Å². The average Bonchev–Trinajstić information content (AvgIpc) is 3.24. The van der Waals surface area contributed by atoms with Gasteiger partial charge < -0.3 is 15.0 Å². The molecule has 1 N–H and O–H groups in total. The highest BCUT2D eigenvalue weighted by atomic mass is 35.5. The van der Waals surface area contributed by atoms with Gasteiger partial charge in [-0.25, -0.2) is 0 Å². The van der Waals surface area contributed by atoms with E-state index in [4.69, 9.17) is 4.74 Å². The predicted octanol–water partition coefficient (Wildman–Crippen LogP) is 3.14. The smallest absolute Gasteiger partial charge is 0.230 e. The zero-order valence-electron chi connectivity index (χ0n) is 14.8. The van der Waals surface area contributed by atoms with E-state index < -0.39 is 0 Å². The normalized spacial score (nSPS) is 34.8. The predicted molar refractivity (Wildman–Crippen MR) is 97.5 cm³/mol. The molecule has 0 bridgehead atoms. The summed E-state index contributed by atoms with van der Waals surface area (Å²) in [6.07, 6.45) is 13.0. The molecule has 2 saturated carbocycles. The number of piperidine rings is 1. The molecule has 5 heteroatoms. The van der Waals surface area contributed by atoms with Crippen molar-refractivity contribution in [1.29, 1.82) is 0 Å². The zero-order chi connectivity index (χ0) is 15.7. The Labute approximate surface area is 152 Å². The number of hydrogen-bond acceptors (Lipinski definition) is 3. The summed E-state index contributed by atoms with van der Waals surface area (Å²) < 4.78 is 6.26. The van der Waals surface area contributed by atoms with Crippen LogP contribution in [-0.4, -0.2) is 49.2 Å². The first kappa shape index (κ1) is 18.5. The van der Waals surface area contributed by atoms with Gasteiger partial charge in [0.05, 0.1) is 17.6 Å². The van der Waals surface area contributed by atoms with Crippen molar-refractivity contribution in [3.8, 4) is 0 Å². The van der Waals surface area contributed by atoms with Crippen LogP contribution in [0, 0.1) is 11.3 Å². The van der Waals surface area contributed by atoms with Crippen molar-refractivity contribution in [2.45, 2.75) is 76.4 Å². The number of likely N-dealkylation sites (tertiary alicyclic amines) is 1. The maximum absolute atomic E-state index is 13.3. The van der Waals surface area contributed by atoms with Gasteiger partial charge in [-0.3, -0.25) is 4.79 Å². The topological polar surface area (TPSA) is 41.6 Å². The van der Waals surface area contributed by atoms with Gasteiger partial charge in [0, 0.05) is 19.6 Å². The number of amides is 1. The molecule has 0 unspecified atom stereocenters. The lowest BCUT2D eigenvalue weighted by atomic mass is 9.67. The third-order valence-corrected chi connectivity index (χ3v) is 6.88. The molecule has 4 rings (SSSR count). The Morgan fingerprint density at radius 3 is 2.38 bits per heavy atom. The van der Waals surface area contributed by atoms with Gasteiger partial charge in [-0.05, 0) is 51.0 Å². The lowest BCUT2D eigenvalue weighted by molar-refractivity contribution is -0.148. The van der Waals surface area contributed by atoms with Gasteiger partial charge in [-0.1, -0.05) is 25.7 Å². The van der Waals surface area contributed by atoms with Crippen LogP contribution >= 0.6 is 12.4 Å². The second-order valence-corrected chi connectivity index (χ2v) is 8.26. The van der Waals surface area contributed by atoms with E-state index in [1.807, 2.05) is 0 Å². The Morgan fingerprint density at radius 1 is 0.958 bits per heavy atom. The zero-order valence-corrected chi connectivity index (χ0v) is 15.6. The van der Waals surface area contributed by atoms with E-state index in [0.717, 1.165) is 45.4 Å². The average molecular weight is 357 g/mol. The molecule has 4 fully saturated rings. The summed E-state index contributed by atoms with van der Waals surface area (Å²) >= 11 is 0. The third kappa shape index (κ3) is 3.47. The Bertz CT molecular complexity index is 433. The maximum atomic E-state index is 13.3. The molecule has 0 aromatic rings. The van der Waals surface area contributed by atoms with Crippen LogP contribution in [0.15, 0.2) is 0 Å². The van der Waals surface area contributed by atoms with Crippen molar-refractivity contribution >= 4 is 18.3 Å². The molecule has 138 valence electrons. The molecule has 0 aromatic heterocycles. The van der Waals surface area contributed by atoms with Gasteiger partial charge in [0.2, 0.25) is 5.91 Å². The fraction of sp³-hybridized carbons (Fsp3) is 0.947. The van der Waals surface area contributed by atoms with E-state index in [9.17, 15) is 4.79 Å². The molecule has 2 saturated heterocycles. The molecular formula is C19H33ClN2O2. The number of carbonyl (C=O) groups is 1. The molecule has 0 spiro atoms. The van der Waals surface area contributed by atoms with Gasteiger partial charge in [-0.15, -0.1) is 12.4 Å². The number of nitrogens with one attached hydrogen (secondary N) is 1. The molecule has 0 aromatic carbocycles. The van der Waals surface area contributed by atoms with E-state index in [2.05, 4.69) is 10.2 Å². The summed E-state index contributed by atoms with van der Waals surface area (Å²) in [4.78, 5) is 15.4. The highest BCUT2D eigenvalue weighted by molar-refractivity contribution is 5.85. The Kier molecular flexibility index (Phi) is 6.10. The van der Waals surface area contributed by atoms with Crippen LogP contribution < -0.4 is 5.32 Å². The monoisotopic (exact) mass is 356 g/mol. The molecule has 4 nitrogen and oxygen atoms in total. The van der Waals surface area contributed by atoms with Gasteiger partial charge in [0.15, 0.2) is 0 Å². The van der Waals surface area contributed by atoms with Crippen LogP contribution in [-0.2, 0) is 9.53 Å². The number of nitrogens with zero attached hydrogens (tertiary/aromatic N) is 1. The van der Waals surface area contributed by atoms with Gasteiger partial charge in [0.25, 0.3) is 0 Å². The SMILES string of the molecule is Cl.O=C(N1CCC(OC2CCCC2)CC1)[C@@]12CCCC[C@H]1CNC2. The second kappa shape index (κ2) is 7.92. The fourth-order valence-corrected chi connectivity index (χ4v) is 5.47. The summed E-state index contributed by atoms with van der Waals surface area (Å²) in [6, 6.07) is 0. The van der Waals surface area contributed by atoms with E-state index in [1.165, 1.54) is 44.9 Å². The van der Waals surface area contributed by atoms with E-state index in [0.29, 0.717) is 24.0 Å². The number of halogens is 1. The Balaban J connectivity index is 0.00000169. The van der Waals surface area contributed by atoms with Crippen LogP contribution in [0.5, 0.6) is 0 Å². The largest absolute Gasteiger partial charge is 0.375 e. The molecule has 2 atom stereocenters. The minimum atomic E-state index is -0.0720. The molecular weight excluding hydrogens is 324 g/mol. The minimum absolute atomic E-state index is 0. The third-order valence-electron chi connectivity index (χ3n) is 6.88. The Morgan fingerprint density at radius 2 is 1.62 bits per heavy atom. The van der Waals surface area contributed by atoms with E-state index >= 15 is 0 Å². The van der Waals surface area contributed by atoms with Crippen LogP contribution in [0.4, 0.5) is 0 Å². The molecule has 2 heterocycles. The van der Waals surface area contributed by atoms with E-state index in [-0.39, 0.29) is 17.8 Å². The van der Waals surface area contributed by atoms with E-state index in [1.54, 1.807) is 0 Å². The summed E-state index contributed by atoms with van der Waals surface area (Å²) in [6.45, 7) is 3.78. The van der Waals surface area contributed by atoms with Crippen LogP contribution in [0.3, 0.4) is 0 Å². The summed E-state index contributed by atoms with van der Waals surface area (Å²) in [5.74, 6) is 1.03. The summed E-state index contributed by atoms with van der Waals surface area (Å²) in [5, 5.41) is 3.51.